The van der Waals surface area contributed by atoms with Crippen molar-refractivity contribution in [3.8, 4) is 11.1 Å². The van der Waals surface area contributed by atoms with Crippen molar-refractivity contribution in [1.82, 2.24) is 4.98 Å². The molecule has 0 aromatic carbocycles. The zero-order valence-corrected chi connectivity index (χ0v) is 10.2. The molecule has 98 valence electrons. The first-order valence-electron chi connectivity index (χ1n) is 6.07. The maximum Gasteiger partial charge on any atom is 0.309 e. The summed E-state index contributed by atoms with van der Waals surface area (Å²) in [6.45, 7) is 0.470. The van der Waals surface area contributed by atoms with Gasteiger partial charge in [-0.2, -0.15) is 0 Å². The van der Waals surface area contributed by atoms with Crippen molar-refractivity contribution >= 4 is 5.97 Å². The molecule has 2 aromatic rings. The monoisotopic (exact) mass is 259 g/mol. The Hall–Kier alpha value is -2.14. The van der Waals surface area contributed by atoms with Crippen LogP contribution in [0.1, 0.15) is 18.1 Å². The molecular formula is C14H13NO4. The minimum absolute atomic E-state index is 0.420. The molecule has 2 aromatic heterocycles. The Bertz CT molecular complexity index is 579. The van der Waals surface area contributed by atoms with Crippen LogP contribution in [-0.4, -0.2) is 22.7 Å². The third-order valence-corrected chi connectivity index (χ3v) is 3.35. The lowest BCUT2D eigenvalue weighted by molar-refractivity contribution is -0.143. The van der Waals surface area contributed by atoms with Gasteiger partial charge in [-0.05, 0) is 18.6 Å². The van der Waals surface area contributed by atoms with Gasteiger partial charge in [0.2, 0.25) is 0 Å². The number of hydrogen-bond donors (Lipinski definition) is 1. The average molecular weight is 259 g/mol. The van der Waals surface area contributed by atoms with Crippen LogP contribution in [-0.2, 0) is 9.53 Å². The molecule has 1 aliphatic heterocycles. The predicted octanol–water partition coefficient (Wildman–Crippen LogP) is 2.50. The fraction of sp³-hybridized carbons (Fsp3) is 0.286. The molecule has 0 bridgehead atoms. The quantitative estimate of drug-likeness (QED) is 0.916. The van der Waals surface area contributed by atoms with Crippen molar-refractivity contribution < 1.29 is 19.1 Å². The molecule has 1 N–H and O–H groups in total. The van der Waals surface area contributed by atoms with Gasteiger partial charge in [0.15, 0.2) is 0 Å². The Labute approximate surface area is 109 Å². The third-order valence-electron chi connectivity index (χ3n) is 3.35. The fourth-order valence-corrected chi connectivity index (χ4v) is 2.37. The lowest BCUT2D eigenvalue weighted by Crippen LogP contribution is -2.17. The minimum Gasteiger partial charge on any atom is -0.481 e. The Morgan fingerprint density at radius 1 is 1.37 bits per heavy atom. The first kappa shape index (κ1) is 11.9. The zero-order chi connectivity index (χ0) is 13.2. The van der Waals surface area contributed by atoms with Gasteiger partial charge in [-0.25, -0.2) is 0 Å². The normalized spacial score (nSPS) is 22.5. The van der Waals surface area contributed by atoms with Crippen molar-refractivity contribution in [2.45, 2.75) is 12.5 Å². The Kier molecular flexibility index (Phi) is 3.05. The fourth-order valence-electron chi connectivity index (χ4n) is 2.37. The number of carboxylic acid groups (broad SMARTS) is 1. The van der Waals surface area contributed by atoms with Crippen LogP contribution in [0.15, 0.2) is 41.5 Å². The highest BCUT2D eigenvalue weighted by Crippen LogP contribution is 2.35. The van der Waals surface area contributed by atoms with E-state index in [2.05, 4.69) is 4.98 Å². The number of carbonyl (C=O) groups is 1. The largest absolute Gasteiger partial charge is 0.481 e. The number of nitrogens with zero attached hydrogens (tertiary/aromatic N) is 1. The number of ether oxygens (including phenoxy) is 1. The molecule has 0 amide bonds. The van der Waals surface area contributed by atoms with E-state index in [0.29, 0.717) is 13.0 Å². The SMILES string of the molecule is O=C(O)[C@@H]1CCO[C@H]1c1cncc(-c2ccoc2)c1. The molecule has 1 saturated heterocycles. The maximum absolute atomic E-state index is 11.2. The van der Waals surface area contributed by atoms with Crippen LogP contribution >= 0.6 is 0 Å². The van der Waals surface area contributed by atoms with E-state index in [-0.39, 0.29) is 0 Å². The Morgan fingerprint density at radius 2 is 2.26 bits per heavy atom. The van der Waals surface area contributed by atoms with Gasteiger partial charge in [-0.3, -0.25) is 9.78 Å². The number of rotatable bonds is 3. The highest BCUT2D eigenvalue weighted by atomic mass is 16.5. The van der Waals surface area contributed by atoms with Gasteiger partial charge < -0.3 is 14.3 Å². The van der Waals surface area contributed by atoms with Crippen LogP contribution < -0.4 is 0 Å². The van der Waals surface area contributed by atoms with E-state index in [1.165, 1.54) is 0 Å². The number of pyridine rings is 1. The second kappa shape index (κ2) is 4.85. The van der Waals surface area contributed by atoms with Crippen LogP contribution in [0.4, 0.5) is 0 Å². The van der Waals surface area contributed by atoms with E-state index in [9.17, 15) is 9.90 Å². The van der Waals surface area contributed by atoms with Gasteiger partial charge in [0.05, 0.1) is 24.5 Å². The van der Waals surface area contributed by atoms with Gasteiger partial charge in [-0.1, -0.05) is 0 Å². The number of furan rings is 1. The minimum atomic E-state index is -0.823. The van der Waals surface area contributed by atoms with Gasteiger partial charge >= 0.3 is 5.97 Å². The molecule has 5 heteroatoms. The summed E-state index contributed by atoms with van der Waals surface area (Å²) in [6, 6.07) is 3.74. The van der Waals surface area contributed by atoms with Crippen LogP contribution in [0, 0.1) is 5.92 Å². The molecule has 0 radical (unpaired) electrons. The number of carboxylic acids is 1. The summed E-state index contributed by atoms with van der Waals surface area (Å²) >= 11 is 0. The lowest BCUT2D eigenvalue weighted by Gasteiger charge is -2.15. The molecule has 5 nitrogen and oxygen atoms in total. The molecule has 0 aliphatic carbocycles. The smallest absolute Gasteiger partial charge is 0.309 e. The predicted molar refractivity (Wildman–Crippen MR) is 66.4 cm³/mol. The summed E-state index contributed by atoms with van der Waals surface area (Å²) in [5.74, 6) is -1.32. The summed E-state index contributed by atoms with van der Waals surface area (Å²) in [4.78, 5) is 15.3. The second-order valence-corrected chi connectivity index (χ2v) is 4.54. The van der Waals surface area contributed by atoms with Gasteiger partial charge in [0.25, 0.3) is 0 Å². The van der Waals surface area contributed by atoms with Gasteiger partial charge in [0.1, 0.15) is 0 Å². The molecule has 1 aliphatic rings. The van der Waals surface area contributed by atoms with E-state index in [1.807, 2.05) is 12.1 Å². The van der Waals surface area contributed by atoms with Crippen molar-refractivity contribution in [3.05, 3.63) is 42.6 Å². The molecule has 0 unspecified atom stereocenters. The molecule has 2 atom stereocenters. The molecule has 3 heterocycles. The Morgan fingerprint density at radius 3 is 3.00 bits per heavy atom. The number of aromatic nitrogens is 1. The van der Waals surface area contributed by atoms with E-state index in [4.69, 9.17) is 9.15 Å². The van der Waals surface area contributed by atoms with E-state index in [0.717, 1.165) is 16.7 Å². The summed E-state index contributed by atoms with van der Waals surface area (Å²) in [7, 11) is 0. The highest BCUT2D eigenvalue weighted by molar-refractivity contribution is 5.71. The topological polar surface area (TPSA) is 72.6 Å². The average Bonchev–Trinajstić information content (AvgIpc) is 3.10. The van der Waals surface area contributed by atoms with Gasteiger partial charge in [-0.15, -0.1) is 0 Å². The van der Waals surface area contributed by atoms with Crippen LogP contribution in [0.2, 0.25) is 0 Å². The van der Waals surface area contributed by atoms with Crippen LogP contribution in [0.25, 0.3) is 11.1 Å². The molecular weight excluding hydrogens is 246 g/mol. The molecule has 0 spiro atoms. The lowest BCUT2D eigenvalue weighted by atomic mass is 9.95. The summed E-state index contributed by atoms with van der Waals surface area (Å²) in [5, 5.41) is 9.18. The number of aliphatic carboxylic acids is 1. The van der Waals surface area contributed by atoms with Crippen molar-refractivity contribution in [1.29, 1.82) is 0 Å². The number of hydrogen-bond acceptors (Lipinski definition) is 4. The molecule has 19 heavy (non-hydrogen) atoms. The Balaban J connectivity index is 1.93. The molecule has 1 fully saturated rings. The molecule has 3 rings (SSSR count). The maximum atomic E-state index is 11.2. The third kappa shape index (κ3) is 2.24. The van der Waals surface area contributed by atoms with Gasteiger partial charge in [0, 0.05) is 35.7 Å². The summed E-state index contributed by atoms with van der Waals surface area (Å²) in [6.07, 6.45) is 6.72. The first-order chi connectivity index (χ1) is 9.25. The van der Waals surface area contributed by atoms with Crippen LogP contribution in [0.5, 0.6) is 0 Å². The van der Waals surface area contributed by atoms with Crippen molar-refractivity contribution in [3.63, 3.8) is 0 Å². The van der Waals surface area contributed by atoms with Crippen molar-refractivity contribution in [2.75, 3.05) is 6.61 Å². The van der Waals surface area contributed by atoms with Crippen LogP contribution in [0.3, 0.4) is 0 Å². The summed E-state index contributed by atoms with van der Waals surface area (Å²) < 4.78 is 10.6. The molecule has 0 saturated carbocycles. The van der Waals surface area contributed by atoms with E-state index < -0.39 is 18.0 Å². The standard InChI is InChI=1S/C14H13NO4/c16-14(17)12-2-4-19-13(12)11-5-10(6-15-7-11)9-1-3-18-8-9/h1,3,5-8,12-13H,2,4H2,(H,16,17)/t12-,13+/m1/s1. The van der Waals surface area contributed by atoms with E-state index >= 15 is 0 Å². The zero-order valence-electron chi connectivity index (χ0n) is 10.2. The summed E-state index contributed by atoms with van der Waals surface area (Å²) in [5.41, 5.74) is 2.61. The first-order valence-corrected chi connectivity index (χ1v) is 6.07. The highest BCUT2D eigenvalue weighted by Gasteiger charge is 2.35. The second-order valence-electron chi connectivity index (χ2n) is 4.54. The van der Waals surface area contributed by atoms with Crippen molar-refractivity contribution in [2.24, 2.45) is 5.92 Å². The van der Waals surface area contributed by atoms with E-state index in [1.54, 1.807) is 24.9 Å².